The van der Waals surface area contributed by atoms with E-state index in [-0.39, 0.29) is 18.7 Å². The zero-order valence-corrected chi connectivity index (χ0v) is 20.3. The molecule has 37 heavy (non-hydrogen) atoms. The SMILES string of the molecule is CN1CCC(F)(F)CC1.O=Cc1cnc2c(ccn2-c2cncc(C(=O)Nc3ccn(C4CC4)n3)c2)c1. The molecule has 2 aliphatic rings. The number of rotatable bonds is 5. The Morgan fingerprint density at radius 1 is 1.11 bits per heavy atom. The number of amides is 1. The van der Waals surface area contributed by atoms with Gasteiger partial charge in [-0.3, -0.25) is 23.8 Å². The number of aromatic nitrogens is 5. The lowest BCUT2D eigenvalue weighted by Gasteiger charge is -2.28. The first-order chi connectivity index (χ1) is 17.8. The average molecular weight is 508 g/mol. The Labute approximate surface area is 212 Å². The van der Waals surface area contributed by atoms with Crippen molar-refractivity contribution in [2.24, 2.45) is 0 Å². The second kappa shape index (κ2) is 10.2. The number of piperidine rings is 1. The second-order valence-electron chi connectivity index (χ2n) is 9.44. The van der Waals surface area contributed by atoms with Gasteiger partial charge in [-0.1, -0.05) is 0 Å². The summed E-state index contributed by atoms with van der Waals surface area (Å²) in [5.74, 6) is -2.13. The summed E-state index contributed by atoms with van der Waals surface area (Å²) < 4.78 is 28.4. The van der Waals surface area contributed by atoms with Gasteiger partial charge in [0.1, 0.15) is 5.65 Å². The Morgan fingerprint density at radius 2 is 1.89 bits per heavy atom. The molecule has 0 aromatic carbocycles. The number of likely N-dealkylation sites (tertiary alicyclic amines) is 1. The number of carbonyl (C=O) groups excluding carboxylic acids is 2. The zero-order valence-electron chi connectivity index (χ0n) is 20.3. The van der Waals surface area contributed by atoms with Crippen LogP contribution in [0, 0.1) is 0 Å². The summed E-state index contributed by atoms with van der Waals surface area (Å²) in [6.07, 6.45) is 11.5. The van der Waals surface area contributed by atoms with Crippen molar-refractivity contribution in [3.63, 3.8) is 0 Å². The minimum atomic E-state index is -2.38. The number of aldehydes is 1. The first-order valence-corrected chi connectivity index (χ1v) is 12.1. The number of pyridine rings is 2. The van der Waals surface area contributed by atoms with E-state index < -0.39 is 5.92 Å². The van der Waals surface area contributed by atoms with E-state index in [9.17, 15) is 18.4 Å². The second-order valence-corrected chi connectivity index (χ2v) is 9.44. The lowest BCUT2D eigenvalue weighted by molar-refractivity contribution is -0.0504. The van der Waals surface area contributed by atoms with Gasteiger partial charge in [0.15, 0.2) is 12.1 Å². The number of hydrogen-bond acceptors (Lipinski definition) is 6. The molecule has 2 fully saturated rings. The van der Waals surface area contributed by atoms with E-state index in [2.05, 4.69) is 20.4 Å². The minimum Gasteiger partial charge on any atom is -0.306 e. The van der Waals surface area contributed by atoms with E-state index in [4.69, 9.17) is 0 Å². The lowest BCUT2D eigenvalue weighted by Crippen LogP contribution is -2.36. The van der Waals surface area contributed by atoms with E-state index in [1.54, 1.807) is 24.4 Å². The van der Waals surface area contributed by atoms with Crippen molar-refractivity contribution in [3.05, 3.63) is 66.4 Å². The maximum Gasteiger partial charge on any atom is 0.258 e. The summed E-state index contributed by atoms with van der Waals surface area (Å²) in [7, 11) is 1.87. The Bertz CT molecular complexity index is 1420. The molecule has 5 heterocycles. The van der Waals surface area contributed by atoms with Gasteiger partial charge in [0.2, 0.25) is 0 Å². The third kappa shape index (κ3) is 5.88. The van der Waals surface area contributed by atoms with Crippen molar-refractivity contribution in [3.8, 4) is 5.69 Å². The molecule has 1 saturated carbocycles. The molecular formula is C26H27F2N7O2. The van der Waals surface area contributed by atoms with Crippen molar-refractivity contribution < 1.29 is 18.4 Å². The van der Waals surface area contributed by atoms with Crippen LogP contribution < -0.4 is 5.32 Å². The van der Waals surface area contributed by atoms with Crippen LogP contribution in [0.15, 0.2) is 55.2 Å². The van der Waals surface area contributed by atoms with Gasteiger partial charge in [0.25, 0.3) is 11.8 Å². The predicted molar refractivity (Wildman–Crippen MR) is 134 cm³/mol. The monoisotopic (exact) mass is 507 g/mol. The van der Waals surface area contributed by atoms with Gasteiger partial charge in [-0.05, 0) is 38.1 Å². The number of fused-ring (bicyclic) bond motifs is 1. The number of hydrogen-bond donors (Lipinski definition) is 1. The van der Waals surface area contributed by atoms with E-state index in [1.165, 1.54) is 12.4 Å². The molecule has 1 saturated heterocycles. The Kier molecular flexibility index (Phi) is 6.79. The van der Waals surface area contributed by atoms with Crippen LogP contribution in [0.2, 0.25) is 0 Å². The highest BCUT2D eigenvalue weighted by atomic mass is 19.3. The number of alkyl halides is 2. The molecule has 0 spiro atoms. The van der Waals surface area contributed by atoms with Crippen molar-refractivity contribution in [1.82, 2.24) is 29.2 Å². The van der Waals surface area contributed by atoms with Crippen LogP contribution in [0.4, 0.5) is 14.6 Å². The summed E-state index contributed by atoms with van der Waals surface area (Å²) in [5, 5.41) is 8.04. The summed E-state index contributed by atoms with van der Waals surface area (Å²) in [4.78, 5) is 34.0. The molecule has 4 aromatic heterocycles. The highest BCUT2D eigenvalue weighted by Gasteiger charge is 2.32. The van der Waals surface area contributed by atoms with E-state index in [0.29, 0.717) is 47.4 Å². The molecular weight excluding hydrogens is 480 g/mol. The summed E-state index contributed by atoms with van der Waals surface area (Å²) >= 11 is 0. The Hall–Kier alpha value is -3.99. The van der Waals surface area contributed by atoms with E-state index in [0.717, 1.165) is 24.5 Å². The van der Waals surface area contributed by atoms with Crippen LogP contribution in [-0.4, -0.2) is 67.5 Å². The average Bonchev–Trinajstić information content (AvgIpc) is 3.50. The van der Waals surface area contributed by atoms with Crippen LogP contribution >= 0.6 is 0 Å². The zero-order chi connectivity index (χ0) is 26.0. The molecule has 9 nitrogen and oxygen atoms in total. The first-order valence-electron chi connectivity index (χ1n) is 12.1. The van der Waals surface area contributed by atoms with Crippen LogP contribution in [0.1, 0.15) is 52.4 Å². The minimum absolute atomic E-state index is 0.0312. The van der Waals surface area contributed by atoms with E-state index in [1.807, 2.05) is 39.7 Å². The highest BCUT2D eigenvalue weighted by molar-refractivity contribution is 6.03. The van der Waals surface area contributed by atoms with Crippen LogP contribution in [0.25, 0.3) is 16.7 Å². The van der Waals surface area contributed by atoms with Gasteiger partial charge in [0.05, 0.1) is 23.5 Å². The molecule has 11 heteroatoms. The van der Waals surface area contributed by atoms with Crippen molar-refractivity contribution in [1.29, 1.82) is 0 Å². The Balaban J connectivity index is 0.000000265. The quantitative estimate of drug-likeness (QED) is 0.403. The van der Waals surface area contributed by atoms with Gasteiger partial charge < -0.3 is 10.2 Å². The molecule has 1 aliphatic heterocycles. The molecule has 1 amide bonds. The van der Waals surface area contributed by atoms with Crippen LogP contribution in [0.3, 0.4) is 0 Å². The fraction of sp³-hybridized carbons (Fsp3) is 0.346. The number of carbonyl (C=O) groups is 2. The van der Waals surface area contributed by atoms with Gasteiger partial charge in [-0.2, -0.15) is 5.10 Å². The van der Waals surface area contributed by atoms with Crippen molar-refractivity contribution in [2.75, 3.05) is 25.5 Å². The first kappa shape index (κ1) is 24.7. The third-order valence-corrected chi connectivity index (χ3v) is 6.44. The predicted octanol–water partition coefficient (Wildman–Crippen LogP) is 4.36. The molecule has 1 N–H and O–H groups in total. The number of nitrogens with one attached hydrogen (secondary N) is 1. The van der Waals surface area contributed by atoms with Gasteiger partial charge >= 0.3 is 0 Å². The molecule has 0 atom stereocenters. The fourth-order valence-electron chi connectivity index (χ4n) is 4.08. The maximum atomic E-state index is 12.6. The van der Waals surface area contributed by atoms with Gasteiger partial charge in [-0.15, -0.1) is 0 Å². The van der Waals surface area contributed by atoms with Gasteiger partial charge in [-0.25, -0.2) is 13.8 Å². The van der Waals surface area contributed by atoms with Crippen LogP contribution in [0.5, 0.6) is 0 Å². The molecule has 1 aliphatic carbocycles. The third-order valence-electron chi connectivity index (χ3n) is 6.44. The maximum absolute atomic E-state index is 12.6. The Morgan fingerprint density at radius 3 is 2.59 bits per heavy atom. The number of anilines is 1. The molecule has 4 aromatic rings. The molecule has 192 valence electrons. The number of halogens is 2. The van der Waals surface area contributed by atoms with Crippen molar-refractivity contribution >= 4 is 29.0 Å². The fourth-order valence-corrected chi connectivity index (χ4v) is 4.08. The van der Waals surface area contributed by atoms with Crippen molar-refractivity contribution in [2.45, 2.75) is 37.6 Å². The molecule has 0 radical (unpaired) electrons. The summed E-state index contributed by atoms with van der Waals surface area (Å²) in [6.45, 7) is 1.07. The van der Waals surface area contributed by atoms with E-state index >= 15 is 0 Å². The summed E-state index contributed by atoms with van der Waals surface area (Å²) in [5.41, 5.74) is 2.33. The smallest absolute Gasteiger partial charge is 0.258 e. The lowest BCUT2D eigenvalue weighted by atomic mass is 10.1. The highest BCUT2D eigenvalue weighted by Crippen LogP contribution is 2.34. The van der Waals surface area contributed by atoms with Gasteiger partial charge in [0, 0.05) is 67.7 Å². The van der Waals surface area contributed by atoms with Crippen LogP contribution in [-0.2, 0) is 0 Å². The topological polar surface area (TPSA) is 97.9 Å². The molecule has 0 bridgehead atoms. The summed E-state index contributed by atoms with van der Waals surface area (Å²) in [6, 6.07) is 7.64. The molecule has 0 unspecified atom stereocenters. The number of nitrogens with zero attached hydrogens (tertiary/aromatic N) is 6. The molecule has 6 rings (SSSR count). The largest absolute Gasteiger partial charge is 0.306 e. The standard InChI is InChI=1S/C20H16N6O2.C6H11F2N/c27-12-13-7-14-3-5-25(19(14)22-9-13)17-8-15(10-21-11-17)20(28)23-18-4-6-26(24-18)16-1-2-16;1-9-4-2-6(7,8)3-5-9/h3-12,16H,1-2H2,(H,23,24,28);2-5H2,1H3. The normalized spacial score (nSPS) is 17.2.